The molecule has 0 aliphatic carbocycles. The number of esters is 5. The van der Waals surface area contributed by atoms with Gasteiger partial charge in [0, 0.05) is 46.6 Å². The number of carbonyl (C=O) groups is 6. The van der Waals surface area contributed by atoms with Gasteiger partial charge in [0.2, 0.25) is 5.91 Å². The first-order valence-electron chi connectivity index (χ1n) is 12.6. The largest absolute Gasteiger partial charge is 0.467 e. The van der Waals surface area contributed by atoms with Gasteiger partial charge in [0.05, 0.1) is 7.11 Å². The molecule has 0 unspecified atom stereocenters. The summed E-state index contributed by atoms with van der Waals surface area (Å²) in [6.07, 6.45) is -6.14. The predicted molar refractivity (Wildman–Crippen MR) is 139 cm³/mol. The summed E-state index contributed by atoms with van der Waals surface area (Å²) < 4.78 is 32.0. The highest BCUT2D eigenvalue weighted by Crippen LogP contribution is 2.29. The second-order valence-corrected chi connectivity index (χ2v) is 9.07. The first-order chi connectivity index (χ1) is 19.3. The van der Waals surface area contributed by atoms with Gasteiger partial charge in [-0.25, -0.2) is 4.79 Å². The van der Waals surface area contributed by atoms with Crippen LogP contribution in [0.1, 0.15) is 45.7 Å². The molecule has 1 heterocycles. The van der Waals surface area contributed by atoms with E-state index >= 15 is 0 Å². The number of nitrogens with one attached hydrogen (secondary N) is 1. The van der Waals surface area contributed by atoms with Crippen molar-refractivity contribution in [2.45, 2.75) is 77.6 Å². The Bertz CT molecular complexity index is 1220. The van der Waals surface area contributed by atoms with Crippen molar-refractivity contribution in [2.24, 2.45) is 0 Å². The van der Waals surface area contributed by atoms with Crippen molar-refractivity contribution in [3.8, 4) is 11.8 Å². The van der Waals surface area contributed by atoms with Crippen LogP contribution in [-0.4, -0.2) is 86.0 Å². The van der Waals surface area contributed by atoms with Crippen LogP contribution in [0.3, 0.4) is 0 Å². The molecule has 1 aromatic carbocycles. The van der Waals surface area contributed by atoms with Gasteiger partial charge in [0.25, 0.3) is 0 Å². The van der Waals surface area contributed by atoms with Crippen molar-refractivity contribution >= 4 is 35.8 Å². The Labute approximate surface area is 237 Å². The molecule has 222 valence electrons. The van der Waals surface area contributed by atoms with Crippen LogP contribution in [0.25, 0.3) is 0 Å². The highest BCUT2D eigenvalue weighted by atomic mass is 16.7. The first kappa shape index (κ1) is 32.8. The van der Waals surface area contributed by atoms with Gasteiger partial charge in [-0.05, 0) is 17.7 Å². The topological polar surface area (TPSA) is 170 Å². The summed E-state index contributed by atoms with van der Waals surface area (Å²) in [4.78, 5) is 70.9. The molecule has 0 spiro atoms. The second kappa shape index (κ2) is 15.4. The van der Waals surface area contributed by atoms with Gasteiger partial charge in [0.1, 0.15) is 18.8 Å². The Morgan fingerprint density at radius 3 is 2.05 bits per heavy atom. The Morgan fingerprint density at radius 2 is 1.49 bits per heavy atom. The van der Waals surface area contributed by atoms with Gasteiger partial charge < -0.3 is 33.7 Å². The molecule has 1 saturated heterocycles. The molecule has 1 N–H and O–H groups in total. The quantitative estimate of drug-likeness (QED) is 0.244. The van der Waals surface area contributed by atoms with E-state index in [1.807, 2.05) is 0 Å². The monoisotopic (exact) mass is 575 g/mol. The Kier molecular flexibility index (Phi) is 12.3. The third-order valence-electron chi connectivity index (χ3n) is 5.58. The van der Waals surface area contributed by atoms with Gasteiger partial charge in [-0.3, -0.25) is 24.0 Å². The Balaban J connectivity index is 2.47. The van der Waals surface area contributed by atoms with E-state index in [1.165, 1.54) is 21.0 Å². The van der Waals surface area contributed by atoms with E-state index in [9.17, 15) is 28.8 Å². The SMILES string of the molecule is COC(=O)[C@@H](Cc1cccc(C#C[C@H]2O[C@H](COC(C)=O)[C@@H](OC(C)=O)[C@H](OC(C)=O)[C@@H]2OC(C)=O)c1)NC(C)=O. The number of ether oxygens (including phenoxy) is 6. The molecule has 0 bridgehead atoms. The maximum absolute atomic E-state index is 12.1. The average molecular weight is 576 g/mol. The number of hydrogen-bond donors (Lipinski definition) is 1. The Morgan fingerprint density at radius 1 is 0.878 bits per heavy atom. The van der Waals surface area contributed by atoms with Crippen LogP contribution < -0.4 is 5.32 Å². The minimum Gasteiger partial charge on any atom is -0.467 e. The highest BCUT2D eigenvalue weighted by molar-refractivity contribution is 5.83. The summed E-state index contributed by atoms with van der Waals surface area (Å²) in [7, 11) is 1.21. The maximum Gasteiger partial charge on any atom is 0.328 e. The van der Waals surface area contributed by atoms with E-state index in [4.69, 9.17) is 28.4 Å². The molecule has 13 nitrogen and oxygen atoms in total. The molecule has 41 heavy (non-hydrogen) atoms. The lowest BCUT2D eigenvalue weighted by Gasteiger charge is -2.42. The lowest BCUT2D eigenvalue weighted by Crippen LogP contribution is -2.62. The van der Waals surface area contributed by atoms with Crippen LogP contribution in [0.4, 0.5) is 0 Å². The van der Waals surface area contributed by atoms with Crippen LogP contribution in [0.2, 0.25) is 0 Å². The van der Waals surface area contributed by atoms with Gasteiger partial charge in [-0.1, -0.05) is 24.0 Å². The van der Waals surface area contributed by atoms with Gasteiger partial charge >= 0.3 is 29.8 Å². The molecule has 6 atom stereocenters. The predicted octanol–water partition coefficient (Wildman–Crippen LogP) is 0.384. The summed E-state index contributed by atoms with van der Waals surface area (Å²) in [5.41, 5.74) is 1.13. The zero-order valence-electron chi connectivity index (χ0n) is 23.6. The summed E-state index contributed by atoms with van der Waals surface area (Å²) in [6.45, 7) is 5.48. The van der Waals surface area contributed by atoms with E-state index in [0.717, 1.165) is 20.8 Å². The molecule has 1 amide bonds. The molecular weight excluding hydrogens is 542 g/mol. The summed E-state index contributed by atoms with van der Waals surface area (Å²) >= 11 is 0. The molecule has 0 saturated carbocycles. The molecule has 1 aliphatic rings. The van der Waals surface area contributed by atoms with Crippen LogP contribution in [0, 0.1) is 11.8 Å². The fourth-order valence-electron chi connectivity index (χ4n) is 4.09. The van der Waals surface area contributed by atoms with Crippen molar-refractivity contribution in [1.82, 2.24) is 5.32 Å². The van der Waals surface area contributed by atoms with Crippen LogP contribution in [0.5, 0.6) is 0 Å². The number of rotatable bonds is 9. The highest BCUT2D eigenvalue weighted by Gasteiger charge is 2.51. The molecule has 0 aromatic heterocycles. The molecule has 13 heteroatoms. The zero-order valence-corrected chi connectivity index (χ0v) is 23.6. The van der Waals surface area contributed by atoms with Crippen molar-refractivity contribution in [3.05, 3.63) is 35.4 Å². The first-order valence-corrected chi connectivity index (χ1v) is 12.6. The average Bonchev–Trinajstić information content (AvgIpc) is 2.87. The minimum atomic E-state index is -1.33. The van der Waals surface area contributed by atoms with Crippen molar-refractivity contribution in [2.75, 3.05) is 13.7 Å². The molecule has 0 radical (unpaired) electrons. The number of methoxy groups -OCH3 is 1. The van der Waals surface area contributed by atoms with Gasteiger partial charge in [-0.15, -0.1) is 0 Å². The number of carbonyl (C=O) groups excluding carboxylic acids is 6. The van der Waals surface area contributed by atoms with Gasteiger partial charge in [-0.2, -0.15) is 0 Å². The van der Waals surface area contributed by atoms with E-state index < -0.39 is 72.3 Å². The smallest absolute Gasteiger partial charge is 0.328 e. The third kappa shape index (κ3) is 10.6. The third-order valence-corrected chi connectivity index (χ3v) is 5.58. The summed E-state index contributed by atoms with van der Waals surface area (Å²) in [6, 6.07) is 5.86. The molecule has 2 rings (SSSR count). The van der Waals surface area contributed by atoms with E-state index in [1.54, 1.807) is 24.3 Å². The number of amides is 1. The van der Waals surface area contributed by atoms with Gasteiger partial charge in [0.15, 0.2) is 24.4 Å². The molecule has 1 aromatic rings. The van der Waals surface area contributed by atoms with Crippen molar-refractivity contribution in [1.29, 1.82) is 0 Å². The summed E-state index contributed by atoms with van der Waals surface area (Å²) in [5, 5.41) is 2.54. The van der Waals surface area contributed by atoms with E-state index in [-0.39, 0.29) is 13.0 Å². The molecule has 1 aliphatic heterocycles. The Hall–Kier alpha value is -4.44. The lowest BCUT2D eigenvalue weighted by atomic mass is 9.94. The molecule has 1 fully saturated rings. The maximum atomic E-state index is 12.1. The summed E-state index contributed by atoms with van der Waals surface area (Å²) in [5.74, 6) is 1.87. The fourth-order valence-corrected chi connectivity index (χ4v) is 4.09. The number of benzene rings is 1. The normalized spacial score (nSPS) is 22.0. The van der Waals surface area contributed by atoms with Crippen LogP contribution in [-0.2, 0) is 63.6 Å². The van der Waals surface area contributed by atoms with Crippen molar-refractivity contribution < 1.29 is 57.2 Å². The van der Waals surface area contributed by atoms with E-state index in [2.05, 4.69) is 17.2 Å². The minimum absolute atomic E-state index is 0.126. The van der Waals surface area contributed by atoms with Crippen LogP contribution in [0.15, 0.2) is 24.3 Å². The standard InChI is InChI=1S/C28H33NO12/c1-15(30)29-22(28(35)36-6)13-21-9-7-8-20(12-21)10-11-23-25(38-17(3)32)27(40-19(5)34)26(39-18(4)33)24(41-23)14-37-16(2)31/h7-9,12,22-27H,13-14H2,1-6H3,(H,29,30)/t22-,23-,24-,25-,26-,27-/m1/s1. The van der Waals surface area contributed by atoms with E-state index in [0.29, 0.717) is 11.1 Å². The molecular formula is C28H33NO12. The van der Waals surface area contributed by atoms with Crippen LogP contribution >= 0.6 is 0 Å². The lowest BCUT2D eigenvalue weighted by molar-refractivity contribution is -0.242. The zero-order chi connectivity index (χ0) is 30.7. The number of hydrogen-bond acceptors (Lipinski definition) is 12. The second-order valence-electron chi connectivity index (χ2n) is 9.07. The fraction of sp³-hybridized carbons (Fsp3) is 0.500. The van der Waals surface area contributed by atoms with Crippen molar-refractivity contribution in [3.63, 3.8) is 0 Å².